The van der Waals surface area contributed by atoms with E-state index in [4.69, 9.17) is 0 Å². The number of halogens is 3. The fraction of sp³-hybridized carbons (Fsp3) is 0.318. The zero-order valence-corrected chi connectivity index (χ0v) is 18.4. The molecule has 170 valence electrons. The predicted molar refractivity (Wildman–Crippen MR) is 115 cm³/mol. The molecule has 2 heterocycles. The summed E-state index contributed by atoms with van der Waals surface area (Å²) in [5, 5.41) is 7.00. The first-order chi connectivity index (χ1) is 15.0. The molecule has 6 nitrogen and oxygen atoms in total. The molecule has 2 unspecified atom stereocenters. The number of hydrogen-bond acceptors (Lipinski definition) is 4. The molecule has 1 aliphatic rings. The molecule has 1 aromatic carbocycles. The second-order valence-electron chi connectivity index (χ2n) is 7.58. The summed E-state index contributed by atoms with van der Waals surface area (Å²) in [5.74, 6) is -1.96. The fourth-order valence-electron chi connectivity index (χ4n) is 3.59. The summed E-state index contributed by atoms with van der Waals surface area (Å²) >= 11 is 1.42. The Balaban J connectivity index is 2.04. The molecular weight excluding hydrogens is 443 g/mol. The van der Waals surface area contributed by atoms with Crippen molar-refractivity contribution in [1.82, 2.24) is 10.6 Å². The molecule has 10 heteroatoms. The van der Waals surface area contributed by atoms with Crippen LogP contribution < -0.4 is 15.5 Å². The smallest absolute Gasteiger partial charge is 0.358 e. The van der Waals surface area contributed by atoms with Crippen molar-refractivity contribution >= 4 is 34.7 Å². The Morgan fingerprint density at radius 3 is 2.53 bits per heavy atom. The minimum absolute atomic E-state index is 0.0518. The Labute approximate surface area is 187 Å². The molecule has 2 atom stereocenters. The van der Waals surface area contributed by atoms with Gasteiger partial charge in [0.25, 0.3) is 11.8 Å². The van der Waals surface area contributed by atoms with E-state index < -0.39 is 40.9 Å². The average molecular weight is 465 g/mol. The summed E-state index contributed by atoms with van der Waals surface area (Å²) in [6.45, 7) is 3.28. The third kappa shape index (κ3) is 4.40. The van der Waals surface area contributed by atoms with E-state index in [0.29, 0.717) is 0 Å². The molecule has 32 heavy (non-hydrogen) atoms. The molecule has 0 saturated heterocycles. The average Bonchev–Trinajstić information content (AvgIpc) is 3.27. The molecule has 0 fully saturated rings. The van der Waals surface area contributed by atoms with Crippen molar-refractivity contribution in [2.45, 2.75) is 32.6 Å². The molecule has 0 aliphatic carbocycles. The van der Waals surface area contributed by atoms with Crippen LogP contribution in [0.15, 0.2) is 53.4 Å². The minimum atomic E-state index is -4.61. The van der Waals surface area contributed by atoms with E-state index >= 15 is 0 Å². The van der Waals surface area contributed by atoms with Crippen molar-refractivity contribution in [2.24, 2.45) is 5.41 Å². The van der Waals surface area contributed by atoms with E-state index in [1.807, 2.05) is 17.5 Å². The highest BCUT2D eigenvalue weighted by molar-refractivity contribution is 7.09. The number of alkyl halides is 3. The van der Waals surface area contributed by atoms with Gasteiger partial charge in [-0.25, -0.2) is 0 Å². The molecule has 1 aromatic heterocycles. The third-order valence-electron chi connectivity index (χ3n) is 5.56. The van der Waals surface area contributed by atoms with E-state index in [2.05, 4.69) is 10.6 Å². The molecule has 1 aliphatic heterocycles. The molecule has 3 amide bonds. The number of carbonyl (C=O) groups excluding carboxylic acids is 3. The van der Waals surface area contributed by atoms with Gasteiger partial charge in [-0.3, -0.25) is 14.4 Å². The first kappa shape index (κ1) is 23.5. The molecule has 0 saturated carbocycles. The van der Waals surface area contributed by atoms with E-state index in [-0.39, 0.29) is 17.8 Å². The highest BCUT2D eigenvalue weighted by Crippen LogP contribution is 2.39. The molecule has 0 radical (unpaired) electrons. The molecule has 2 N–H and O–H groups in total. The molecule has 2 aromatic rings. The number of nitrogens with one attached hydrogen (secondary N) is 2. The fourth-order valence-corrected chi connectivity index (χ4v) is 4.24. The van der Waals surface area contributed by atoms with E-state index in [1.54, 1.807) is 6.92 Å². The lowest BCUT2D eigenvalue weighted by Gasteiger charge is -2.43. The van der Waals surface area contributed by atoms with Crippen LogP contribution in [0, 0.1) is 5.41 Å². The number of rotatable bonds is 5. The monoisotopic (exact) mass is 465 g/mol. The standard InChI is InChI=1S/C22H22F3N3O3S/c1-13-21(2,20(31)26-3)11-17(18(29)27-12-16-8-5-9-32-16)19(30)28(13)15-7-4-6-14(10-15)22(23,24)25/h4-11,13H,12H2,1-3H3,(H,26,31)(H,27,29). The number of carbonyl (C=O) groups is 3. The lowest BCUT2D eigenvalue weighted by Crippen LogP contribution is -2.58. The summed E-state index contributed by atoms with van der Waals surface area (Å²) in [7, 11) is 1.41. The van der Waals surface area contributed by atoms with Crippen LogP contribution in [-0.4, -0.2) is 30.8 Å². The van der Waals surface area contributed by atoms with Crippen LogP contribution in [0.3, 0.4) is 0 Å². The largest absolute Gasteiger partial charge is 0.416 e. The first-order valence-electron chi connectivity index (χ1n) is 9.75. The van der Waals surface area contributed by atoms with E-state index in [9.17, 15) is 27.6 Å². The van der Waals surface area contributed by atoms with Gasteiger partial charge in [0.1, 0.15) is 5.57 Å². The Morgan fingerprint density at radius 1 is 1.22 bits per heavy atom. The maximum Gasteiger partial charge on any atom is 0.416 e. The van der Waals surface area contributed by atoms with Gasteiger partial charge < -0.3 is 15.5 Å². The van der Waals surface area contributed by atoms with Crippen molar-refractivity contribution in [3.63, 3.8) is 0 Å². The van der Waals surface area contributed by atoms with Crippen molar-refractivity contribution in [3.05, 3.63) is 63.9 Å². The van der Waals surface area contributed by atoms with Crippen LogP contribution >= 0.6 is 11.3 Å². The summed E-state index contributed by atoms with van der Waals surface area (Å²) in [6.07, 6.45) is -3.31. The molecule has 3 rings (SSSR count). The van der Waals surface area contributed by atoms with E-state index in [0.717, 1.165) is 21.9 Å². The van der Waals surface area contributed by atoms with Crippen LogP contribution in [0.1, 0.15) is 24.3 Å². The Bertz CT molecular complexity index is 1070. The highest BCUT2D eigenvalue weighted by Gasteiger charge is 2.48. The second-order valence-corrected chi connectivity index (χ2v) is 8.61. The van der Waals surface area contributed by atoms with Gasteiger partial charge in [0.15, 0.2) is 0 Å². The Morgan fingerprint density at radius 2 is 1.94 bits per heavy atom. The summed E-state index contributed by atoms with van der Waals surface area (Å²) < 4.78 is 39.8. The molecular formula is C22H22F3N3O3S. The minimum Gasteiger partial charge on any atom is -0.358 e. The van der Waals surface area contributed by atoms with E-state index in [1.165, 1.54) is 43.5 Å². The van der Waals surface area contributed by atoms with Crippen LogP contribution in [0.4, 0.5) is 18.9 Å². The van der Waals surface area contributed by atoms with Crippen LogP contribution in [-0.2, 0) is 27.1 Å². The number of amides is 3. The van der Waals surface area contributed by atoms with Gasteiger partial charge in [-0.15, -0.1) is 11.3 Å². The van der Waals surface area contributed by atoms with Crippen molar-refractivity contribution in [2.75, 3.05) is 11.9 Å². The SMILES string of the molecule is CNC(=O)C1(C)C=C(C(=O)NCc2cccs2)C(=O)N(c2cccc(C(F)(F)F)c2)C1C. The lowest BCUT2D eigenvalue weighted by molar-refractivity contribution is -0.138. The van der Waals surface area contributed by atoms with Crippen molar-refractivity contribution < 1.29 is 27.6 Å². The van der Waals surface area contributed by atoms with Crippen molar-refractivity contribution in [1.29, 1.82) is 0 Å². The maximum absolute atomic E-state index is 13.3. The Hall–Kier alpha value is -3.14. The molecule has 0 bridgehead atoms. The second kappa shape index (κ2) is 8.78. The predicted octanol–water partition coefficient (Wildman–Crippen LogP) is 3.50. The van der Waals surface area contributed by atoms with Gasteiger partial charge in [0.2, 0.25) is 5.91 Å². The van der Waals surface area contributed by atoms with Gasteiger partial charge in [-0.05, 0) is 49.6 Å². The van der Waals surface area contributed by atoms with Crippen LogP contribution in [0.2, 0.25) is 0 Å². The van der Waals surface area contributed by atoms with Gasteiger partial charge in [-0.2, -0.15) is 13.2 Å². The molecule has 0 spiro atoms. The number of anilines is 1. The van der Waals surface area contributed by atoms with Gasteiger partial charge in [-0.1, -0.05) is 12.1 Å². The quantitative estimate of drug-likeness (QED) is 0.664. The number of thiophene rings is 1. The number of hydrogen-bond donors (Lipinski definition) is 2. The summed E-state index contributed by atoms with van der Waals surface area (Å²) in [5.41, 5.74) is -2.64. The highest BCUT2D eigenvalue weighted by atomic mass is 32.1. The first-order valence-corrected chi connectivity index (χ1v) is 10.6. The zero-order chi connectivity index (χ0) is 23.7. The Kier molecular flexibility index (Phi) is 6.45. The number of benzene rings is 1. The summed E-state index contributed by atoms with van der Waals surface area (Å²) in [6, 6.07) is 7.04. The van der Waals surface area contributed by atoms with Gasteiger partial charge in [0, 0.05) is 17.6 Å². The van der Waals surface area contributed by atoms with Gasteiger partial charge in [0.05, 0.1) is 23.6 Å². The maximum atomic E-state index is 13.3. The van der Waals surface area contributed by atoms with Crippen LogP contribution in [0.5, 0.6) is 0 Å². The number of nitrogens with zero attached hydrogens (tertiary/aromatic N) is 1. The third-order valence-corrected chi connectivity index (χ3v) is 6.44. The zero-order valence-electron chi connectivity index (χ0n) is 17.6. The normalized spacial score (nSPS) is 21.2. The summed E-state index contributed by atoms with van der Waals surface area (Å²) in [4.78, 5) is 40.8. The topological polar surface area (TPSA) is 78.5 Å². The van der Waals surface area contributed by atoms with Gasteiger partial charge >= 0.3 is 6.18 Å². The lowest BCUT2D eigenvalue weighted by atomic mass is 9.76. The van der Waals surface area contributed by atoms with Crippen molar-refractivity contribution in [3.8, 4) is 0 Å². The van der Waals surface area contributed by atoms with Crippen LogP contribution in [0.25, 0.3) is 0 Å².